The molecule has 0 saturated carbocycles. The van der Waals surface area contributed by atoms with Crippen LogP contribution in [0.25, 0.3) is 0 Å². The zero-order chi connectivity index (χ0) is 17.8. The third-order valence-corrected chi connectivity index (χ3v) is 5.08. The largest absolute Gasteiger partial charge is 0.392 e. The van der Waals surface area contributed by atoms with Gasteiger partial charge >= 0.3 is 0 Å². The number of aliphatic hydroxyl groups is 1. The highest BCUT2D eigenvalue weighted by atomic mass is 16.3. The molecular formula is C21H26N2O2. The summed E-state index contributed by atoms with van der Waals surface area (Å²) in [4.78, 5) is 14.8. The van der Waals surface area contributed by atoms with Crippen LogP contribution in [0.1, 0.15) is 33.5 Å². The Labute approximate surface area is 149 Å². The van der Waals surface area contributed by atoms with Gasteiger partial charge in [0.25, 0.3) is 5.91 Å². The van der Waals surface area contributed by atoms with Gasteiger partial charge in [-0.3, -0.25) is 9.69 Å². The topological polar surface area (TPSA) is 52.6 Å². The lowest BCUT2D eigenvalue weighted by Crippen LogP contribution is -2.40. The van der Waals surface area contributed by atoms with Crippen LogP contribution >= 0.6 is 0 Å². The van der Waals surface area contributed by atoms with Gasteiger partial charge in [-0.1, -0.05) is 42.5 Å². The van der Waals surface area contributed by atoms with Gasteiger partial charge < -0.3 is 10.4 Å². The van der Waals surface area contributed by atoms with Crippen molar-refractivity contribution in [2.45, 2.75) is 39.0 Å². The lowest BCUT2D eigenvalue weighted by molar-refractivity contribution is 0.0939. The van der Waals surface area contributed by atoms with E-state index in [1.54, 1.807) is 0 Å². The molecular weight excluding hydrogens is 312 g/mol. The van der Waals surface area contributed by atoms with E-state index in [0.717, 1.165) is 23.2 Å². The van der Waals surface area contributed by atoms with Gasteiger partial charge in [-0.05, 0) is 43.0 Å². The predicted octanol–water partition coefficient (Wildman–Crippen LogP) is 2.67. The summed E-state index contributed by atoms with van der Waals surface area (Å²) in [6.45, 7) is 5.99. The lowest BCUT2D eigenvalue weighted by Gasteiger charge is -2.24. The average molecular weight is 338 g/mol. The first-order valence-corrected chi connectivity index (χ1v) is 8.85. The van der Waals surface area contributed by atoms with Gasteiger partial charge in [-0.2, -0.15) is 0 Å². The van der Waals surface area contributed by atoms with Gasteiger partial charge in [0, 0.05) is 31.2 Å². The molecule has 0 bridgehead atoms. The van der Waals surface area contributed by atoms with Crippen molar-refractivity contribution in [3.8, 4) is 0 Å². The van der Waals surface area contributed by atoms with E-state index in [0.29, 0.717) is 19.5 Å². The second-order valence-electron chi connectivity index (χ2n) is 6.92. The minimum absolute atomic E-state index is 0.0396. The summed E-state index contributed by atoms with van der Waals surface area (Å²) in [5.74, 6) is -0.0396. The van der Waals surface area contributed by atoms with Crippen LogP contribution in [0.4, 0.5) is 0 Å². The molecule has 2 unspecified atom stereocenters. The Balaban J connectivity index is 1.62. The van der Waals surface area contributed by atoms with Crippen molar-refractivity contribution in [1.82, 2.24) is 10.2 Å². The highest BCUT2D eigenvalue weighted by molar-refractivity contribution is 5.95. The number of aryl methyl sites for hydroxylation is 1. The Morgan fingerprint density at radius 1 is 1.16 bits per heavy atom. The fourth-order valence-corrected chi connectivity index (χ4v) is 3.48. The van der Waals surface area contributed by atoms with Crippen molar-refractivity contribution in [2.75, 3.05) is 13.1 Å². The molecule has 0 spiro atoms. The number of hydrogen-bond acceptors (Lipinski definition) is 3. The first kappa shape index (κ1) is 17.6. The number of amides is 1. The Kier molecular flexibility index (Phi) is 5.51. The number of rotatable bonds is 5. The number of hydrogen-bond donors (Lipinski definition) is 2. The number of carbonyl (C=O) groups is 1. The van der Waals surface area contributed by atoms with Crippen molar-refractivity contribution in [2.24, 2.45) is 0 Å². The van der Waals surface area contributed by atoms with Gasteiger partial charge in [-0.15, -0.1) is 0 Å². The Morgan fingerprint density at radius 2 is 1.92 bits per heavy atom. The fraction of sp³-hybridized carbons (Fsp3) is 0.381. The summed E-state index contributed by atoms with van der Waals surface area (Å²) in [6, 6.07) is 16.2. The molecule has 3 rings (SSSR count). The molecule has 1 aliphatic rings. The quantitative estimate of drug-likeness (QED) is 0.881. The van der Waals surface area contributed by atoms with E-state index in [1.807, 2.05) is 50.2 Å². The van der Waals surface area contributed by atoms with Gasteiger partial charge in [-0.25, -0.2) is 0 Å². The molecule has 0 aliphatic carbocycles. The SMILES string of the molecule is Cc1cccc(C(=O)NCC2CC(O)CN2Cc2ccccc2)c1C. The summed E-state index contributed by atoms with van der Waals surface area (Å²) in [5.41, 5.74) is 4.10. The van der Waals surface area contributed by atoms with E-state index in [2.05, 4.69) is 22.3 Å². The van der Waals surface area contributed by atoms with Crippen molar-refractivity contribution < 1.29 is 9.90 Å². The number of benzene rings is 2. The third-order valence-electron chi connectivity index (χ3n) is 5.08. The smallest absolute Gasteiger partial charge is 0.251 e. The molecule has 25 heavy (non-hydrogen) atoms. The summed E-state index contributed by atoms with van der Waals surface area (Å²) >= 11 is 0. The van der Waals surface area contributed by atoms with Crippen molar-refractivity contribution in [3.63, 3.8) is 0 Å². The first-order chi connectivity index (χ1) is 12.0. The molecule has 4 nitrogen and oxygen atoms in total. The average Bonchev–Trinajstić information content (AvgIpc) is 2.95. The van der Waals surface area contributed by atoms with Crippen molar-refractivity contribution in [3.05, 3.63) is 70.8 Å². The number of carbonyl (C=O) groups excluding carboxylic acids is 1. The monoisotopic (exact) mass is 338 g/mol. The Bertz CT molecular complexity index is 730. The van der Waals surface area contributed by atoms with Crippen LogP contribution in [0.3, 0.4) is 0 Å². The summed E-state index contributed by atoms with van der Waals surface area (Å²) < 4.78 is 0. The van der Waals surface area contributed by atoms with Crippen LogP contribution < -0.4 is 5.32 Å². The Morgan fingerprint density at radius 3 is 2.68 bits per heavy atom. The van der Waals surface area contributed by atoms with E-state index in [1.165, 1.54) is 5.56 Å². The van der Waals surface area contributed by atoms with Gasteiger partial charge in [0.1, 0.15) is 0 Å². The molecule has 0 radical (unpaired) electrons. The van der Waals surface area contributed by atoms with E-state index in [9.17, 15) is 9.90 Å². The van der Waals surface area contributed by atoms with Crippen LogP contribution in [0.15, 0.2) is 48.5 Å². The molecule has 2 aromatic carbocycles. The second-order valence-corrected chi connectivity index (χ2v) is 6.92. The van der Waals surface area contributed by atoms with Crippen LogP contribution in [0.5, 0.6) is 0 Å². The summed E-state index contributed by atoms with van der Waals surface area (Å²) in [6.07, 6.45) is 0.367. The molecule has 2 N–H and O–H groups in total. The van der Waals surface area contributed by atoms with E-state index in [4.69, 9.17) is 0 Å². The molecule has 2 aromatic rings. The zero-order valence-electron chi connectivity index (χ0n) is 14.9. The molecule has 1 saturated heterocycles. The van der Waals surface area contributed by atoms with Crippen molar-refractivity contribution >= 4 is 5.91 Å². The number of nitrogens with one attached hydrogen (secondary N) is 1. The number of aliphatic hydroxyl groups excluding tert-OH is 1. The maximum atomic E-state index is 12.5. The zero-order valence-corrected chi connectivity index (χ0v) is 14.9. The van der Waals surface area contributed by atoms with Gasteiger partial charge in [0.2, 0.25) is 0 Å². The molecule has 1 heterocycles. The molecule has 1 aliphatic heterocycles. The molecule has 2 atom stereocenters. The van der Waals surface area contributed by atoms with Crippen LogP contribution in [0, 0.1) is 13.8 Å². The summed E-state index contributed by atoms with van der Waals surface area (Å²) in [5, 5.41) is 13.1. The normalized spacial score (nSPS) is 20.6. The van der Waals surface area contributed by atoms with Gasteiger partial charge in [0.15, 0.2) is 0 Å². The second kappa shape index (κ2) is 7.81. The van der Waals surface area contributed by atoms with E-state index in [-0.39, 0.29) is 18.1 Å². The molecule has 0 aromatic heterocycles. The minimum Gasteiger partial charge on any atom is -0.392 e. The number of β-amino-alcohol motifs (C(OH)–C–C–N with tert-alkyl or cyclic N) is 1. The molecule has 1 amide bonds. The number of likely N-dealkylation sites (tertiary alicyclic amines) is 1. The van der Waals surface area contributed by atoms with Crippen LogP contribution in [0.2, 0.25) is 0 Å². The van der Waals surface area contributed by atoms with Crippen LogP contribution in [-0.2, 0) is 6.54 Å². The Hall–Kier alpha value is -2.17. The van der Waals surface area contributed by atoms with E-state index >= 15 is 0 Å². The third kappa shape index (κ3) is 4.27. The maximum Gasteiger partial charge on any atom is 0.251 e. The molecule has 1 fully saturated rings. The molecule has 132 valence electrons. The number of nitrogens with zero attached hydrogens (tertiary/aromatic N) is 1. The highest BCUT2D eigenvalue weighted by Gasteiger charge is 2.31. The highest BCUT2D eigenvalue weighted by Crippen LogP contribution is 2.20. The predicted molar refractivity (Wildman–Crippen MR) is 99.5 cm³/mol. The lowest BCUT2D eigenvalue weighted by atomic mass is 10.0. The summed E-state index contributed by atoms with van der Waals surface area (Å²) in [7, 11) is 0. The maximum absolute atomic E-state index is 12.5. The van der Waals surface area contributed by atoms with E-state index < -0.39 is 0 Å². The first-order valence-electron chi connectivity index (χ1n) is 8.85. The standard InChI is InChI=1S/C21H26N2O2/c1-15-7-6-10-20(16(15)2)21(25)22-12-18-11-19(24)14-23(18)13-17-8-4-3-5-9-17/h3-10,18-19,24H,11-14H2,1-2H3,(H,22,25). The fourth-order valence-electron chi connectivity index (χ4n) is 3.48. The van der Waals surface area contributed by atoms with Crippen molar-refractivity contribution in [1.29, 1.82) is 0 Å². The van der Waals surface area contributed by atoms with Gasteiger partial charge in [0.05, 0.1) is 6.10 Å². The van der Waals surface area contributed by atoms with Crippen LogP contribution in [-0.4, -0.2) is 41.1 Å². The minimum atomic E-state index is -0.327. The molecule has 4 heteroatoms.